The molecular formula is C12H17NO3. The van der Waals surface area contributed by atoms with Crippen LogP contribution in [0.25, 0.3) is 0 Å². The molecule has 16 heavy (non-hydrogen) atoms. The van der Waals surface area contributed by atoms with Crippen LogP contribution in [0.5, 0.6) is 0 Å². The van der Waals surface area contributed by atoms with Gasteiger partial charge < -0.3 is 4.74 Å². The number of carbonyl (C=O) groups excluding carboxylic acids is 1. The summed E-state index contributed by atoms with van der Waals surface area (Å²) < 4.78 is 5.20. The lowest BCUT2D eigenvalue weighted by atomic mass is 10.2. The Balaban J connectivity index is 2.06. The maximum absolute atomic E-state index is 11.1. The molecule has 1 rings (SSSR count). The van der Waals surface area contributed by atoms with Gasteiger partial charge in [-0.1, -0.05) is 30.3 Å². The molecule has 1 aromatic carbocycles. The van der Waals surface area contributed by atoms with Crippen LogP contribution in [0.4, 0.5) is 0 Å². The van der Waals surface area contributed by atoms with E-state index < -0.39 is 0 Å². The maximum Gasteiger partial charge on any atom is 0.269 e. The highest BCUT2D eigenvalue weighted by Gasteiger charge is 2.00. The van der Waals surface area contributed by atoms with Gasteiger partial charge in [-0.15, -0.1) is 0 Å². The van der Waals surface area contributed by atoms with Gasteiger partial charge in [-0.3, -0.25) is 9.63 Å². The summed E-state index contributed by atoms with van der Waals surface area (Å²) in [6.45, 7) is 2.82. The normalized spacial score (nSPS) is 10.1. The van der Waals surface area contributed by atoms with Crippen LogP contribution in [0.1, 0.15) is 12.5 Å². The SMILES string of the molecule is CCONC(=O)COCCc1ccccc1. The van der Waals surface area contributed by atoms with Gasteiger partial charge in [-0.2, -0.15) is 0 Å². The molecule has 0 aliphatic rings. The van der Waals surface area contributed by atoms with E-state index in [-0.39, 0.29) is 12.5 Å². The second-order valence-corrected chi connectivity index (χ2v) is 3.25. The van der Waals surface area contributed by atoms with E-state index in [0.29, 0.717) is 13.2 Å². The summed E-state index contributed by atoms with van der Waals surface area (Å²) in [4.78, 5) is 15.8. The van der Waals surface area contributed by atoms with Crippen LogP contribution < -0.4 is 5.48 Å². The average molecular weight is 223 g/mol. The minimum Gasteiger partial charge on any atom is -0.371 e. The van der Waals surface area contributed by atoms with Gasteiger partial charge >= 0.3 is 0 Å². The molecule has 0 bridgehead atoms. The molecule has 1 aromatic rings. The van der Waals surface area contributed by atoms with Crippen LogP contribution in [0.3, 0.4) is 0 Å². The van der Waals surface area contributed by atoms with Crippen molar-refractivity contribution in [3.05, 3.63) is 35.9 Å². The summed E-state index contributed by atoms with van der Waals surface area (Å²) in [7, 11) is 0. The van der Waals surface area contributed by atoms with Gasteiger partial charge in [0.2, 0.25) is 0 Å². The van der Waals surface area contributed by atoms with E-state index in [9.17, 15) is 4.79 Å². The van der Waals surface area contributed by atoms with Crippen molar-refractivity contribution < 1.29 is 14.4 Å². The number of hydroxylamine groups is 1. The first-order valence-corrected chi connectivity index (χ1v) is 5.35. The van der Waals surface area contributed by atoms with E-state index in [2.05, 4.69) is 5.48 Å². The Morgan fingerprint density at radius 2 is 2.06 bits per heavy atom. The molecule has 0 aliphatic heterocycles. The van der Waals surface area contributed by atoms with Crippen LogP contribution >= 0.6 is 0 Å². The lowest BCUT2D eigenvalue weighted by Gasteiger charge is -2.05. The molecule has 1 amide bonds. The first kappa shape index (κ1) is 12.7. The highest BCUT2D eigenvalue weighted by molar-refractivity contribution is 5.75. The number of benzene rings is 1. The molecule has 0 aliphatic carbocycles. The number of hydrogen-bond acceptors (Lipinski definition) is 3. The fourth-order valence-electron chi connectivity index (χ4n) is 1.18. The molecule has 0 fully saturated rings. The summed E-state index contributed by atoms with van der Waals surface area (Å²) in [5, 5.41) is 0. The lowest BCUT2D eigenvalue weighted by molar-refractivity contribution is -0.137. The van der Waals surface area contributed by atoms with Gasteiger partial charge in [0, 0.05) is 0 Å². The van der Waals surface area contributed by atoms with Crippen molar-refractivity contribution in [2.45, 2.75) is 13.3 Å². The van der Waals surface area contributed by atoms with E-state index in [4.69, 9.17) is 9.57 Å². The van der Waals surface area contributed by atoms with Crippen LogP contribution in [0.15, 0.2) is 30.3 Å². The zero-order chi connectivity index (χ0) is 11.6. The molecule has 0 spiro atoms. The fourth-order valence-corrected chi connectivity index (χ4v) is 1.18. The van der Waals surface area contributed by atoms with Crippen LogP contribution in [0, 0.1) is 0 Å². The van der Waals surface area contributed by atoms with Gasteiger partial charge in [-0.25, -0.2) is 5.48 Å². The molecule has 0 saturated heterocycles. The minimum absolute atomic E-state index is 0.0346. The standard InChI is InChI=1S/C12H17NO3/c1-2-16-13-12(14)10-15-9-8-11-6-4-3-5-7-11/h3-7H,2,8-10H2,1H3,(H,13,14). The van der Waals surface area contributed by atoms with Gasteiger partial charge in [0.25, 0.3) is 5.91 Å². The Kier molecular flexibility index (Phi) is 6.22. The first-order chi connectivity index (χ1) is 7.83. The molecule has 0 unspecified atom stereocenters. The Morgan fingerprint density at radius 1 is 1.31 bits per heavy atom. The van der Waals surface area contributed by atoms with E-state index in [0.717, 1.165) is 6.42 Å². The molecule has 4 heteroatoms. The number of hydrogen-bond donors (Lipinski definition) is 1. The molecule has 1 N–H and O–H groups in total. The molecule has 88 valence electrons. The smallest absolute Gasteiger partial charge is 0.269 e. The van der Waals surface area contributed by atoms with Crippen LogP contribution in [-0.2, 0) is 20.8 Å². The largest absolute Gasteiger partial charge is 0.371 e. The summed E-state index contributed by atoms with van der Waals surface area (Å²) in [6, 6.07) is 10.0. The molecule has 0 radical (unpaired) electrons. The Bertz CT molecular complexity index is 300. The zero-order valence-corrected chi connectivity index (χ0v) is 9.44. The summed E-state index contributed by atoms with van der Waals surface area (Å²) in [6.07, 6.45) is 0.808. The highest BCUT2D eigenvalue weighted by Crippen LogP contribution is 1.99. The Labute approximate surface area is 95.5 Å². The van der Waals surface area contributed by atoms with Crippen LogP contribution in [-0.4, -0.2) is 25.7 Å². The topological polar surface area (TPSA) is 47.6 Å². The van der Waals surface area contributed by atoms with Crippen molar-refractivity contribution in [3.63, 3.8) is 0 Å². The predicted molar refractivity (Wildman–Crippen MR) is 60.7 cm³/mol. The third kappa shape index (κ3) is 5.48. The van der Waals surface area contributed by atoms with Crippen molar-refractivity contribution in [2.75, 3.05) is 19.8 Å². The number of amides is 1. The molecule has 0 aromatic heterocycles. The number of nitrogens with one attached hydrogen (secondary N) is 1. The van der Waals surface area contributed by atoms with Crippen molar-refractivity contribution in [1.29, 1.82) is 0 Å². The van der Waals surface area contributed by atoms with Crippen molar-refractivity contribution >= 4 is 5.91 Å². The quantitative estimate of drug-likeness (QED) is 0.560. The second kappa shape index (κ2) is 7.84. The van der Waals surface area contributed by atoms with Gasteiger partial charge in [0.15, 0.2) is 0 Å². The number of carbonyl (C=O) groups is 1. The molecule has 4 nitrogen and oxygen atoms in total. The third-order valence-corrected chi connectivity index (χ3v) is 1.94. The first-order valence-electron chi connectivity index (χ1n) is 5.35. The van der Waals surface area contributed by atoms with E-state index in [1.165, 1.54) is 5.56 Å². The number of rotatable bonds is 7. The van der Waals surface area contributed by atoms with Crippen molar-refractivity contribution in [2.24, 2.45) is 0 Å². The fraction of sp³-hybridized carbons (Fsp3) is 0.417. The summed E-state index contributed by atoms with van der Waals surface area (Å²) >= 11 is 0. The highest BCUT2D eigenvalue weighted by atomic mass is 16.7. The summed E-state index contributed by atoms with van der Waals surface area (Å²) in [5.41, 5.74) is 3.47. The lowest BCUT2D eigenvalue weighted by Crippen LogP contribution is -2.28. The summed E-state index contributed by atoms with van der Waals surface area (Å²) in [5.74, 6) is -0.255. The van der Waals surface area contributed by atoms with Crippen LogP contribution in [0.2, 0.25) is 0 Å². The molecule has 0 atom stereocenters. The molecule has 0 saturated carbocycles. The van der Waals surface area contributed by atoms with E-state index >= 15 is 0 Å². The zero-order valence-electron chi connectivity index (χ0n) is 9.44. The minimum atomic E-state index is -0.255. The second-order valence-electron chi connectivity index (χ2n) is 3.25. The third-order valence-electron chi connectivity index (χ3n) is 1.94. The van der Waals surface area contributed by atoms with Gasteiger partial charge in [0.1, 0.15) is 6.61 Å². The van der Waals surface area contributed by atoms with Gasteiger partial charge in [-0.05, 0) is 18.9 Å². The predicted octanol–water partition coefficient (Wildman–Crippen LogP) is 1.31. The Hall–Kier alpha value is -1.39. The van der Waals surface area contributed by atoms with Crippen molar-refractivity contribution in [3.8, 4) is 0 Å². The van der Waals surface area contributed by atoms with Crippen molar-refractivity contribution in [1.82, 2.24) is 5.48 Å². The Morgan fingerprint density at radius 3 is 2.75 bits per heavy atom. The maximum atomic E-state index is 11.1. The van der Waals surface area contributed by atoms with E-state index in [1.807, 2.05) is 30.3 Å². The van der Waals surface area contributed by atoms with Gasteiger partial charge in [0.05, 0.1) is 13.2 Å². The van der Waals surface area contributed by atoms with E-state index in [1.54, 1.807) is 6.92 Å². The average Bonchev–Trinajstić information content (AvgIpc) is 2.33. The number of ether oxygens (including phenoxy) is 1. The monoisotopic (exact) mass is 223 g/mol. The molecular weight excluding hydrogens is 206 g/mol. The molecule has 0 heterocycles.